The number of benzene rings is 1. The Labute approximate surface area is 124 Å². The normalized spacial score (nSPS) is 12.7. The summed E-state index contributed by atoms with van der Waals surface area (Å²) in [4.78, 5) is 11.7. The van der Waals surface area contributed by atoms with Crippen molar-refractivity contribution in [3.8, 4) is 5.75 Å². The molecular formula is C13H21N3O4S. The molecule has 8 heteroatoms. The van der Waals surface area contributed by atoms with Gasteiger partial charge in [0.25, 0.3) is 0 Å². The molecule has 1 unspecified atom stereocenters. The number of amides is 1. The molecule has 0 radical (unpaired) electrons. The van der Waals surface area contributed by atoms with Gasteiger partial charge in [0.2, 0.25) is 15.9 Å². The Morgan fingerprint density at radius 2 is 2.10 bits per heavy atom. The van der Waals surface area contributed by atoms with E-state index in [1.165, 1.54) is 32.2 Å². The van der Waals surface area contributed by atoms with Crippen molar-refractivity contribution in [3.05, 3.63) is 18.2 Å². The smallest absolute Gasteiger partial charge is 0.241 e. The molecule has 0 aliphatic carbocycles. The number of carbonyl (C=O) groups is 1. The Hall–Kier alpha value is -1.80. The molecule has 21 heavy (non-hydrogen) atoms. The summed E-state index contributed by atoms with van der Waals surface area (Å²) in [6, 6.07) is 3.24. The van der Waals surface area contributed by atoms with Gasteiger partial charge in [-0.3, -0.25) is 4.79 Å². The van der Waals surface area contributed by atoms with E-state index in [-0.39, 0.29) is 16.6 Å². The first-order valence-electron chi connectivity index (χ1n) is 6.55. The molecule has 1 aromatic rings. The maximum Gasteiger partial charge on any atom is 0.241 e. The van der Waals surface area contributed by atoms with Crippen LogP contribution in [0, 0.1) is 0 Å². The fraction of sp³-hybridized carbons (Fsp3) is 0.462. The van der Waals surface area contributed by atoms with Gasteiger partial charge in [0.15, 0.2) is 0 Å². The molecule has 0 aliphatic rings. The molecule has 1 atom stereocenters. The number of nitrogens with one attached hydrogen (secondary N) is 2. The standard InChI is InChI=1S/C13H21N3O4S/c1-4-7-15-13(17)9(2)16-21(18,19)10-5-6-11(14)12(8-10)20-3/h5-6,8-9,16H,4,7,14H2,1-3H3,(H,15,17). The Kier molecular flexibility index (Phi) is 5.98. The van der Waals surface area contributed by atoms with Gasteiger partial charge in [0, 0.05) is 12.6 Å². The van der Waals surface area contributed by atoms with Crippen molar-refractivity contribution in [1.29, 1.82) is 0 Å². The first-order chi connectivity index (χ1) is 9.81. The van der Waals surface area contributed by atoms with E-state index in [0.717, 1.165) is 6.42 Å². The number of methoxy groups -OCH3 is 1. The Balaban J connectivity index is 2.89. The minimum atomic E-state index is -3.83. The lowest BCUT2D eigenvalue weighted by atomic mass is 10.3. The van der Waals surface area contributed by atoms with Gasteiger partial charge in [-0.15, -0.1) is 0 Å². The molecule has 0 fully saturated rings. The minimum absolute atomic E-state index is 0.0105. The Bertz CT molecular complexity index is 601. The Morgan fingerprint density at radius 1 is 1.43 bits per heavy atom. The molecule has 0 aromatic heterocycles. The van der Waals surface area contributed by atoms with Crippen molar-refractivity contribution in [1.82, 2.24) is 10.0 Å². The van der Waals surface area contributed by atoms with Crippen molar-refractivity contribution in [2.75, 3.05) is 19.4 Å². The largest absolute Gasteiger partial charge is 0.495 e. The molecule has 7 nitrogen and oxygen atoms in total. The lowest BCUT2D eigenvalue weighted by Crippen LogP contribution is -2.44. The van der Waals surface area contributed by atoms with Crippen molar-refractivity contribution in [3.63, 3.8) is 0 Å². The summed E-state index contributed by atoms with van der Waals surface area (Å²) in [5.41, 5.74) is 5.98. The van der Waals surface area contributed by atoms with Crippen LogP contribution in [0.4, 0.5) is 5.69 Å². The second-order valence-electron chi connectivity index (χ2n) is 4.54. The van der Waals surface area contributed by atoms with Crippen molar-refractivity contribution < 1.29 is 17.9 Å². The number of nitrogens with two attached hydrogens (primary N) is 1. The second-order valence-corrected chi connectivity index (χ2v) is 6.25. The SMILES string of the molecule is CCCNC(=O)C(C)NS(=O)(=O)c1ccc(N)c(OC)c1. The lowest BCUT2D eigenvalue weighted by Gasteiger charge is -2.15. The number of ether oxygens (including phenoxy) is 1. The maximum absolute atomic E-state index is 12.2. The molecule has 4 N–H and O–H groups in total. The summed E-state index contributed by atoms with van der Waals surface area (Å²) >= 11 is 0. The van der Waals surface area contributed by atoms with Crippen molar-refractivity contribution >= 4 is 21.6 Å². The number of hydrogen-bond acceptors (Lipinski definition) is 5. The van der Waals surface area contributed by atoms with E-state index in [1.54, 1.807) is 0 Å². The van der Waals surface area contributed by atoms with Crippen LogP contribution < -0.4 is 20.5 Å². The number of hydrogen-bond donors (Lipinski definition) is 3. The Morgan fingerprint density at radius 3 is 2.67 bits per heavy atom. The summed E-state index contributed by atoms with van der Waals surface area (Å²) in [6.07, 6.45) is 0.778. The number of carbonyl (C=O) groups excluding carboxylic acids is 1. The van der Waals surface area contributed by atoms with Crippen molar-refractivity contribution in [2.45, 2.75) is 31.2 Å². The van der Waals surface area contributed by atoms with Gasteiger partial charge >= 0.3 is 0 Å². The molecule has 0 saturated heterocycles. The molecule has 1 aromatic carbocycles. The van der Waals surface area contributed by atoms with E-state index in [4.69, 9.17) is 10.5 Å². The highest BCUT2D eigenvalue weighted by Crippen LogP contribution is 2.24. The first kappa shape index (κ1) is 17.3. The highest BCUT2D eigenvalue weighted by molar-refractivity contribution is 7.89. The average Bonchev–Trinajstić information content (AvgIpc) is 2.44. The third kappa shape index (κ3) is 4.61. The molecule has 0 bridgehead atoms. The molecule has 1 amide bonds. The molecule has 0 aliphatic heterocycles. The van der Waals surface area contributed by atoms with E-state index in [2.05, 4.69) is 10.0 Å². The quantitative estimate of drug-likeness (QED) is 0.634. The molecule has 118 valence electrons. The molecule has 1 rings (SSSR count). The van der Waals surface area contributed by atoms with Gasteiger partial charge in [-0.1, -0.05) is 6.92 Å². The molecule has 0 saturated carbocycles. The van der Waals surface area contributed by atoms with Crippen LogP contribution >= 0.6 is 0 Å². The second kappa shape index (κ2) is 7.28. The summed E-state index contributed by atoms with van der Waals surface area (Å²) in [7, 11) is -2.43. The maximum atomic E-state index is 12.2. The number of sulfonamides is 1. The van der Waals surface area contributed by atoms with Crippen LogP contribution in [0.1, 0.15) is 20.3 Å². The number of anilines is 1. The average molecular weight is 315 g/mol. The molecular weight excluding hydrogens is 294 g/mol. The fourth-order valence-corrected chi connectivity index (χ4v) is 2.83. The number of nitrogen functional groups attached to an aromatic ring is 1. The van der Waals surface area contributed by atoms with Crippen LogP contribution in [0.2, 0.25) is 0 Å². The first-order valence-corrected chi connectivity index (χ1v) is 8.03. The predicted octanol–water partition coefficient (Wildman–Crippen LogP) is 0.470. The summed E-state index contributed by atoms with van der Waals surface area (Å²) < 4.78 is 31.7. The van der Waals surface area contributed by atoms with Gasteiger partial charge in [-0.25, -0.2) is 8.42 Å². The molecule has 0 heterocycles. The third-order valence-electron chi connectivity index (χ3n) is 2.79. The van der Waals surface area contributed by atoms with Crippen LogP contribution in [0.25, 0.3) is 0 Å². The monoisotopic (exact) mass is 315 g/mol. The van der Waals surface area contributed by atoms with Gasteiger partial charge in [-0.05, 0) is 25.5 Å². The highest BCUT2D eigenvalue weighted by atomic mass is 32.2. The lowest BCUT2D eigenvalue weighted by molar-refractivity contribution is -0.122. The van der Waals surface area contributed by atoms with Crippen LogP contribution in [-0.2, 0) is 14.8 Å². The topological polar surface area (TPSA) is 111 Å². The highest BCUT2D eigenvalue weighted by Gasteiger charge is 2.22. The van der Waals surface area contributed by atoms with E-state index >= 15 is 0 Å². The van der Waals surface area contributed by atoms with Gasteiger partial charge in [0.05, 0.1) is 23.7 Å². The summed E-state index contributed by atoms with van der Waals surface area (Å²) in [5, 5.41) is 2.63. The van der Waals surface area contributed by atoms with Gasteiger partial charge in [-0.2, -0.15) is 4.72 Å². The summed E-state index contributed by atoms with van der Waals surface area (Å²) in [6.45, 7) is 3.90. The zero-order valence-corrected chi connectivity index (χ0v) is 13.2. The zero-order chi connectivity index (χ0) is 16.0. The van der Waals surface area contributed by atoms with Crippen LogP contribution in [0.3, 0.4) is 0 Å². The fourth-order valence-electron chi connectivity index (χ4n) is 1.61. The van der Waals surface area contributed by atoms with E-state index in [9.17, 15) is 13.2 Å². The van der Waals surface area contributed by atoms with E-state index in [1.807, 2.05) is 6.92 Å². The zero-order valence-electron chi connectivity index (χ0n) is 12.3. The van der Waals surface area contributed by atoms with Crippen molar-refractivity contribution in [2.24, 2.45) is 0 Å². The molecule has 0 spiro atoms. The number of rotatable bonds is 7. The van der Waals surface area contributed by atoms with Gasteiger partial charge in [0.1, 0.15) is 5.75 Å². The van der Waals surface area contributed by atoms with Gasteiger partial charge < -0.3 is 15.8 Å². The van der Waals surface area contributed by atoms with Crippen LogP contribution in [0.5, 0.6) is 5.75 Å². The van der Waals surface area contributed by atoms with E-state index in [0.29, 0.717) is 12.2 Å². The summed E-state index contributed by atoms with van der Waals surface area (Å²) in [5.74, 6) is -0.108. The van der Waals surface area contributed by atoms with Crippen LogP contribution in [-0.4, -0.2) is 34.0 Å². The third-order valence-corrected chi connectivity index (χ3v) is 4.33. The minimum Gasteiger partial charge on any atom is -0.495 e. The predicted molar refractivity (Wildman–Crippen MR) is 80.5 cm³/mol. The van der Waals surface area contributed by atoms with E-state index < -0.39 is 16.1 Å². The van der Waals surface area contributed by atoms with Crippen LogP contribution in [0.15, 0.2) is 23.1 Å².